The van der Waals surface area contributed by atoms with Crippen molar-refractivity contribution >= 4 is 51.5 Å². The van der Waals surface area contributed by atoms with E-state index in [0.29, 0.717) is 21.4 Å². The van der Waals surface area contributed by atoms with Gasteiger partial charge in [0, 0.05) is 19.7 Å². The summed E-state index contributed by atoms with van der Waals surface area (Å²) in [6.45, 7) is 0.165. The maximum Gasteiger partial charge on any atom is 0.266 e. The van der Waals surface area contributed by atoms with Crippen molar-refractivity contribution < 1.29 is 13.9 Å². The Morgan fingerprint density at radius 2 is 2.08 bits per heavy atom. The molecule has 7 heteroatoms. The van der Waals surface area contributed by atoms with Crippen molar-refractivity contribution in [3.8, 4) is 5.75 Å². The van der Waals surface area contributed by atoms with E-state index in [1.54, 1.807) is 32.3 Å². The third-order valence-electron chi connectivity index (χ3n) is 3.79. The van der Waals surface area contributed by atoms with Gasteiger partial charge in [-0.15, -0.1) is 0 Å². The molecule has 2 aromatic carbocycles. The molecule has 0 radical (unpaired) electrons. The molecule has 1 heterocycles. The molecule has 1 amide bonds. The summed E-state index contributed by atoms with van der Waals surface area (Å²) in [5, 5.41) is 0.681. The van der Waals surface area contributed by atoms with E-state index in [9.17, 15) is 9.18 Å². The number of hydrogen-bond acceptors (Lipinski definition) is 4. The van der Waals surface area contributed by atoms with Crippen LogP contribution in [0.4, 0.5) is 4.39 Å². The Bertz CT molecular complexity index is 914. The first-order valence-electron chi connectivity index (χ1n) is 7.79. The summed E-state index contributed by atoms with van der Waals surface area (Å²) < 4.78 is 20.3. The van der Waals surface area contributed by atoms with E-state index < -0.39 is 0 Å². The number of benzene rings is 2. The number of amidine groups is 1. The van der Waals surface area contributed by atoms with Crippen molar-refractivity contribution in [1.82, 2.24) is 4.90 Å². The topological polar surface area (TPSA) is 41.9 Å². The molecule has 0 spiro atoms. The van der Waals surface area contributed by atoms with Crippen LogP contribution in [0.15, 0.2) is 52.4 Å². The molecule has 0 saturated carbocycles. The Morgan fingerprint density at radius 1 is 1.31 bits per heavy atom. The zero-order valence-electron chi connectivity index (χ0n) is 14.2. The molecule has 0 aliphatic carbocycles. The molecule has 0 bridgehead atoms. The molecular weight excluding hydrogens is 466 g/mol. The van der Waals surface area contributed by atoms with Crippen LogP contribution in [-0.4, -0.2) is 30.1 Å². The van der Waals surface area contributed by atoms with Gasteiger partial charge >= 0.3 is 0 Å². The first-order chi connectivity index (χ1) is 12.5. The maximum atomic E-state index is 13.7. The second kappa shape index (κ2) is 8.22. The van der Waals surface area contributed by atoms with Gasteiger partial charge in [-0.2, -0.15) is 0 Å². The van der Waals surface area contributed by atoms with Crippen LogP contribution in [0.3, 0.4) is 0 Å². The van der Waals surface area contributed by atoms with Crippen LogP contribution in [0.1, 0.15) is 11.1 Å². The van der Waals surface area contributed by atoms with E-state index in [1.165, 1.54) is 22.7 Å². The summed E-state index contributed by atoms with van der Waals surface area (Å²) in [5.74, 6) is 0.331. The van der Waals surface area contributed by atoms with Gasteiger partial charge in [-0.05, 0) is 64.2 Å². The van der Waals surface area contributed by atoms with Crippen LogP contribution in [0.2, 0.25) is 0 Å². The number of likely N-dealkylation sites (N-methyl/N-ethyl adjacent to an activating group) is 1. The fraction of sp³-hybridized carbons (Fsp3) is 0.158. The molecule has 134 valence electrons. The van der Waals surface area contributed by atoms with Gasteiger partial charge in [0.05, 0.1) is 8.48 Å². The highest BCUT2D eigenvalue weighted by Gasteiger charge is 2.29. The fourth-order valence-electron chi connectivity index (χ4n) is 2.40. The summed E-state index contributed by atoms with van der Waals surface area (Å²) in [5.41, 5.74) is 1.41. The van der Waals surface area contributed by atoms with Crippen LogP contribution in [-0.2, 0) is 11.4 Å². The van der Waals surface area contributed by atoms with Gasteiger partial charge in [0.1, 0.15) is 18.2 Å². The maximum absolute atomic E-state index is 13.7. The molecule has 3 rings (SSSR count). The second-order valence-corrected chi connectivity index (χ2v) is 7.72. The fourth-order valence-corrected chi connectivity index (χ4v) is 4.02. The number of thioether (sulfide) groups is 1. The van der Waals surface area contributed by atoms with Crippen molar-refractivity contribution in [2.75, 3.05) is 14.1 Å². The van der Waals surface area contributed by atoms with Crippen molar-refractivity contribution in [2.45, 2.75) is 6.61 Å². The molecule has 1 fully saturated rings. The molecule has 1 aliphatic rings. The minimum Gasteiger partial charge on any atom is -0.488 e. The smallest absolute Gasteiger partial charge is 0.266 e. The van der Waals surface area contributed by atoms with E-state index >= 15 is 0 Å². The minimum absolute atomic E-state index is 0.0644. The van der Waals surface area contributed by atoms with Gasteiger partial charge in [0.15, 0.2) is 5.17 Å². The predicted octanol–water partition coefficient (Wildman–Crippen LogP) is 4.54. The van der Waals surface area contributed by atoms with Crippen LogP contribution >= 0.6 is 34.4 Å². The molecule has 0 atom stereocenters. The number of amides is 1. The quantitative estimate of drug-likeness (QED) is 0.475. The van der Waals surface area contributed by atoms with Crippen molar-refractivity contribution in [1.29, 1.82) is 0 Å². The standard InChI is InChI=1S/C19H16FIN2O2S/c1-22-19-23(2)18(24)17(26-19)10-12-7-8-16(15(21)9-12)25-11-13-5-3-4-6-14(13)20/h3-10H,11H2,1-2H3/b17-10+,22-19?. The lowest BCUT2D eigenvalue weighted by Gasteiger charge is -2.10. The lowest BCUT2D eigenvalue weighted by Crippen LogP contribution is -2.23. The zero-order chi connectivity index (χ0) is 18.7. The van der Waals surface area contributed by atoms with Crippen molar-refractivity contribution in [3.05, 3.63) is 67.9 Å². The summed E-state index contributed by atoms with van der Waals surface area (Å²) in [6.07, 6.45) is 1.84. The highest BCUT2D eigenvalue weighted by Crippen LogP contribution is 2.32. The molecule has 1 saturated heterocycles. The number of ether oxygens (including phenoxy) is 1. The van der Waals surface area contributed by atoms with E-state index in [2.05, 4.69) is 27.6 Å². The van der Waals surface area contributed by atoms with E-state index in [-0.39, 0.29) is 18.3 Å². The molecule has 0 unspecified atom stereocenters. The zero-order valence-corrected chi connectivity index (χ0v) is 17.2. The molecule has 2 aromatic rings. The number of hydrogen-bond donors (Lipinski definition) is 0. The van der Waals surface area contributed by atoms with E-state index in [4.69, 9.17) is 4.74 Å². The lowest BCUT2D eigenvalue weighted by molar-refractivity contribution is -0.121. The Balaban J connectivity index is 1.75. The number of rotatable bonds is 4. The number of carbonyl (C=O) groups is 1. The summed E-state index contributed by atoms with van der Waals surface area (Å²) in [4.78, 5) is 18.5. The molecule has 0 N–H and O–H groups in total. The highest BCUT2D eigenvalue weighted by molar-refractivity contribution is 14.1. The summed E-state index contributed by atoms with van der Waals surface area (Å²) in [6, 6.07) is 12.2. The third-order valence-corrected chi connectivity index (χ3v) is 5.78. The predicted molar refractivity (Wildman–Crippen MR) is 112 cm³/mol. The number of nitrogens with zero attached hydrogens (tertiary/aromatic N) is 2. The highest BCUT2D eigenvalue weighted by atomic mass is 127. The van der Waals surface area contributed by atoms with Crippen LogP contribution < -0.4 is 4.74 Å². The Labute approximate surface area is 169 Å². The van der Waals surface area contributed by atoms with E-state index in [0.717, 1.165) is 9.13 Å². The van der Waals surface area contributed by atoms with Gasteiger partial charge in [0.2, 0.25) is 0 Å². The molecule has 26 heavy (non-hydrogen) atoms. The number of halogens is 2. The van der Waals surface area contributed by atoms with Gasteiger partial charge in [0.25, 0.3) is 5.91 Å². The van der Waals surface area contributed by atoms with Gasteiger partial charge in [-0.25, -0.2) is 4.39 Å². The summed E-state index contributed by atoms with van der Waals surface area (Å²) in [7, 11) is 3.38. The minimum atomic E-state index is -0.279. The first kappa shape index (κ1) is 18.9. The molecule has 1 aliphatic heterocycles. The first-order valence-corrected chi connectivity index (χ1v) is 9.69. The third kappa shape index (κ3) is 4.09. The average molecular weight is 482 g/mol. The normalized spacial score (nSPS) is 17.4. The van der Waals surface area contributed by atoms with Crippen LogP contribution in [0, 0.1) is 9.39 Å². The van der Waals surface area contributed by atoms with Crippen LogP contribution in [0.5, 0.6) is 5.75 Å². The molecule has 0 aromatic heterocycles. The van der Waals surface area contributed by atoms with E-state index in [1.807, 2.05) is 24.3 Å². The van der Waals surface area contributed by atoms with Gasteiger partial charge in [-0.1, -0.05) is 24.3 Å². The monoisotopic (exact) mass is 482 g/mol. The second-order valence-electron chi connectivity index (χ2n) is 5.55. The SMILES string of the molecule is CN=C1S/C(=C/c2ccc(OCc3ccccc3F)c(I)c2)C(=O)N1C. The number of aliphatic imine (C=N–C) groups is 1. The Hall–Kier alpha value is -1.87. The van der Waals surface area contributed by atoms with Crippen molar-refractivity contribution in [2.24, 2.45) is 4.99 Å². The largest absolute Gasteiger partial charge is 0.488 e. The average Bonchev–Trinajstić information content (AvgIpc) is 2.90. The van der Waals surface area contributed by atoms with Crippen LogP contribution in [0.25, 0.3) is 6.08 Å². The Kier molecular flexibility index (Phi) is 5.98. The molecular formula is C19H16FIN2O2S. The van der Waals surface area contributed by atoms with Gasteiger partial charge in [-0.3, -0.25) is 14.7 Å². The van der Waals surface area contributed by atoms with Crippen molar-refractivity contribution in [3.63, 3.8) is 0 Å². The Morgan fingerprint density at radius 3 is 2.73 bits per heavy atom. The number of carbonyl (C=O) groups excluding carboxylic acids is 1. The van der Waals surface area contributed by atoms with Gasteiger partial charge < -0.3 is 4.74 Å². The lowest BCUT2D eigenvalue weighted by atomic mass is 10.2. The molecule has 4 nitrogen and oxygen atoms in total. The summed E-state index contributed by atoms with van der Waals surface area (Å²) >= 11 is 3.52.